The van der Waals surface area contributed by atoms with Gasteiger partial charge in [-0.1, -0.05) is 11.6 Å². The molecule has 1 aromatic carbocycles. The Morgan fingerprint density at radius 3 is 2.82 bits per heavy atom. The van der Waals surface area contributed by atoms with Crippen molar-refractivity contribution in [3.05, 3.63) is 44.6 Å². The molecule has 5 heteroatoms. The Balaban J connectivity index is 2.69. The fourth-order valence-electron chi connectivity index (χ4n) is 1.82. The van der Waals surface area contributed by atoms with Crippen molar-refractivity contribution < 1.29 is 0 Å². The van der Waals surface area contributed by atoms with Crippen molar-refractivity contribution in [1.29, 1.82) is 0 Å². The van der Waals surface area contributed by atoms with Gasteiger partial charge in [0.1, 0.15) is 0 Å². The van der Waals surface area contributed by atoms with E-state index >= 15 is 0 Å². The van der Waals surface area contributed by atoms with Crippen molar-refractivity contribution in [2.45, 2.75) is 19.9 Å². The van der Waals surface area contributed by atoms with Crippen LogP contribution in [0.15, 0.2) is 27.8 Å². The maximum absolute atomic E-state index is 12.1. The highest BCUT2D eigenvalue weighted by atomic mass is 16.2. The van der Waals surface area contributed by atoms with Crippen molar-refractivity contribution in [3.8, 4) is 0 Å². The first kappa shape index (κ1) is 11.6. The van der Waals surface area contributed by atoms with E-state index in [-0.39, 0.29) is 11.2 Å². The molecule has 3 N–H and O–H groups in total. The van der Waals surface area contributed by atoms with E-state index in [2.05, 4.69) is 4.98 Å². The van der Waals surface area contributed by atoms with Crippen molar-refractivity contribution in [2.75, 3.05) is 6.54 Å². The minimum atomic E-state index is -0.375. The van der Waals surface area contributed by atoms with Gasteiger partial charge < -0.3 is 10.7 Å². The van der Waals surface area contributed by atoms with Crippen LogP contribution in [0.3, 0.4) is 0 Å². The lowest BCUT2D eigenvalue weighted by Gasteiger charge is -2.05. The van der Waals surface area contributed by atoms with E-state index in [0.29, 0.717) is 30.4 Å². The third-order valence-electron chi connectivity index (χ3n) is 2.72. The number of H-pyrrole nitrogens is 1. The molecule has 0 unspecified atom stereocenters. The first-order valence-electron chi connectivity index (χ1n) is 5.57. The van der Waals surface area contributed by atoms with Crippen LogP contribution in [0.2, 0.25) is 0 Å². The monoisotopic (exact) mass is 233 g/mol. The zero-order valence-electron chi connectivity index (χ0n) is 9.69. The highest BCUT2D eigenvalue weighted by Crippen LogP contribution is 2.07. The van der Waals surface area contributed by atoms with Crippen LogP contribution in [0, 0.1) is 6.92 Å². The number of nitrogens with zero attached hydrogens (tertiary/aromatic N) is 1. The molecule has 90 valence electrons. The topological polar surface area (TPSA) is 80.9 Å². The Bertz CT molecular complexity index is 655. The first-order valence-corrected chi connectivity index (χ1v) is 5.57. The third-order valence-corrected chi connectivity index (χ3v) is 2.72. The van der Waals surface area contributed by atoms with Gasteiger partial charge in [0.15, 0.2) is 0 Å². The molecule has 1 aromatic heterocycles. The van der Waals surface area contributed by atoms with Crippen LogP contribution in [-0.2, 0) is 6.54 Å². The second-order valence-corrected chi connectivity index (χ2v) is 4.08. The van der Waals surface area contributed by atoms with Crippen molar-refractivity contribution in [2.24, 2.45) is 5.73 Å². The van der Waals surface area contributed by atoms with Crippen molar-refractivity contribution in [3.63, 3.8) is 0 Å². The molecule has 0 saturated heterocycles. The average Bonchev–Trinajstić information content (AvgIpc) is 2.30. The van der Waals surface area contributed by atoms with Crippen LogP contribution >= 0.6 is 0 Å². The number of aromatic nitrogens is 2. The summed E-state index contributed by atoms with van der Waals surface area (Å²) in [7, 11) is 0. The number of hydrogen-bond donors (Lipinski definition) is 2. The lowest BCUT2D eigenvalue weighted by molar-refractivity contribution is 0.603. The summed E-state index contributed by atoms with van der Waals surface area (Å²) in [4.78, 5) is 26.5. The molecule has 0 amide bonds. The van der Waals surface area contributed by atoms with E-state index in [0.717, 1.165) is 5.56 Å². The zero-order chi connectivity index (χ0) is 12.4. The van der Waals surface area contributed by atoms with Crippen molar-refractivity contribution >= 4 is 10.9 Å². The van der Waals surface area contributed by atoms with E-state index in [1.54, 1.807) is 12.1 Å². The van der Waals surface area contributed by atoms with E-state index in [4.69, 9.17) is 5.73 Å². The molecule has 17 heavy (non-hydrogen) atoms. The molecule has 0 aliphatic carbocycles. The molecule has 0 spiro atoms. The van der Waals surface area contributed by atoms with Crippen LogP contribution in [0.4, 0.5) is 0 Å². The Morgan fingerprint density at radius 2 is 2.12 bits per heavy atom. The maximum atomic E-state index is 12.1. The van der Waals surface area contributed by atoms with Gasteiger partial charge in [-0.05, 0) is 32.0 Å². The molecule has 0 aliphatic rings. The van der Waals surface area contributed by atoms with E-state index in [9.17, 15) is 9.59 Å². The van der Waals surface area contributed by atoms with Gasteiger partial charge in [-0.2, -0.15) is 0 Å². The number of benzene rings is 1. The number of aromatic amines is 1. The Labute approximate surface area is 97.9 Å². The van der Waals surface area contributed by atoms with Gasteiger partial charge in [0.2, 0.25) is 0 Å². The minimum Gasteiger partial charge on any atom is -0.330 e. The number of rotatable bonds is 3. The summed E-state index contributed by atoms with van der Waals surface area (Å²) in [6.07, 6.45) is 0.611. The lowest BCUT2D eigenvalue weighted by Crippen LogP contribution is -2.35. The highest BCUT2D eigenvalue weighted by molar-refractivity contribution is 5.77. The summed E-state index contributed by atoms with van der Waals surface area (Å²) < 4.78 is 1.20. The van der Waals surface area contributed by atoms with Crippen molar-refractivity contribution in [1.82, 2.24) is 9.55 Å². The second-order valence-electron chi connectivity index (χ2n) is 4.08. The summed E-state index contributed by atoms with van der Waals surface area (Å²) in [6, 6.07) is 5.40. The van der Waals surface area contributed by atoms with Gasteiger partial charge in [-0.3, -0.25) is 9.36 Å². The Kier molecular flexibility index (Phi) is 3.10. The molecule has 0 aliphatic heterocycles. The van der Waals surface area contributed by atoms with Gasteiger partial charge in [0.05, 0.1) is 10.9 Å². The average molecular weight is 233 g/mol. The largest absolute Gasteiger partial charge is 0.330 e. The molecule has 0 fully saturated rings. The number of aryl methyl sites for hydroxylation is 1. The van der Waals surface area contributed by atoms with E-state index in [1.165, 1.54) is 4.57 Å². The summed E-state index contributed by atoms with van der Waals surface area (Å²) >= 11 is 0. The summed E-state index contributed by atoms with van der Waals surface area (Å²) in [5, 5.41) is 0.543. The molecule has 0 saturated carbocycles. The van der Waals surface area contributed by atoms with Crippen LogP contribution in [0.25, 0.3) is 10.9 Å². The number of nitrogens with one attached hydrogen (secondary N) is 1. The van der Waals surface area contributed by atoms with Gasteiger partial charge in [-0.25, -0.2) is 4.79 Å². The molecule has 2 rings (SSSR count). The van der Waals surface area contributed by atoms with Crippen LogP contribution in [0.5, 0.6) is 0 Å². The van der Waals surface area contributed by atoms with E-state index < -0.39 is 0 Å². The van der Waals surface area contributed by atoms with Crippen LogP contribution in [-0.4, -0.2) is 16.1 Å². The lowest BCUT2D eigenvalue weighted by atomic mass is 10.2. The van der Waals surface area contributed by atoms with Crippen LogP contribution < -0.4 is 17.0 Å². The maximum Gasteiger partial charge on any atom is 0.328 e. The first-order chi connectivity index (χ1) is 8.13. The van der Waals surface area contributed by atoms with E-state index in [1.807, 2.05) is 13.0 Å². The van der Waals surface area contributed by atoms with Gasteiger partial charge in [0, 0.05) is 6.54 Å². The predicted molar refractivity (Wildman–Crippen MR) is 67.2 cm³/mol. The normalized spacial score (nSPS) is 10.9. The molecule has 0 bridgehead atoms. The fraction of sp³-hybridized carbons (Fsp3) is 0.333. The van der Waals surface area contributed by atoms with Gasteiger partial charge >= 0.3 is 5.69 Å². The second kappa shape index (κ2) is 4.55. The molecular formula is C12H15N3O2. The Morgan fingerprint density at radius 1 is 1.35 bits per heavy atom. The molecular weight excluding hydrogens is 218 g/mol. The number of fused-ring (bicyclic) bond motifs is 1. The summed E-state index contributed by atoms with van der Waals surface area (Å²) in [6.45, 7) is 2.72. The van der Waals surface area contributed by atoms with Crippen LogP contribution in [0.1, 0.15) is 12.0 Å². The summed E-state index contributed by atoms with van der Waals surface area (Å²) in [5.41, 5.74) is 6.33. The molecule has 0 radical (unpaired) electrons. The molecule has 5 nitrogen and oxygen atoms in total. The smallest absolute Gasteiger partial charge is 0.328 e. The number of nitrogens with two attached hydrogens (primary N) is 1. The zero-order valence-corrected chi connectivity index (χ0v) is 9.69. The Hall–Kier alpha value is -1.88. The standard InChI is InChI=1S/C12H15N3O2/c1-8-3-4-10-9(7-8)11(16)15(6-2-5-13)12(17)14-10/h3-4,7H,2,5-6,13H2,1H3,(H,14,17). The quantitative estimate of drug-likeness (QED) is 0.802. The summed E-state index contributed by atoms with van der Waals surface area (Å²) in [5.74, 6) is 0. The fourth-order valence-corrected chi connectivity index (χ4v) is 1.82. The predicted octanol–water partition coefficient (Wildman–Crippen LogP) is 0.347. The van der Waals surface area contributed by atoms with Gasteiger partial charge in [0.25, 0.3) is 5.56 Å². The molecule has 2 aromatic rings. The highest BCUT2D eigenvalue weighted by Gasteiger charge is 2.06. The SMILES string of the molecule is Cc1ccc2[nH]c(=O)n(CCCN)c(=O)c2c1. The molecule has 1 heterocycles. The van der Waals surface area contributed by atoms with Gasteiger partial charge in [-0.15, -0.1) is 0 Å². The minimum absolute atomic E-state index is 0.249. The third kappa shape index (κ3) is 2.14. The number of hydrogen-bond acceptors (Lipinski definition) is 3. The molecule has 0 atom stereocenters.